The van der Waals surface area contributed by atoms with Gasteiger partial charge in [0.15, 0.2) is 5.76 Å². The van der Waals surface area contributed by atoms with Gasteiger partial charge in [-0.15, -0.1) is 0 Å². The lowest BCUT2D eigenvalue weighted by molar-refractivity contribution is 0.0883. The van der Waals surface area contributed by atoms with Crippen LogP contribution in [0.1, 0.15) is 36.2 Å². The molecule has 2 rings (SSSR count). The molecule has 0 amide bonds. The molecule has 1 fully saturated rings. The first-order valence-electron chi connectivity index (χ1n) is 4.66. The van der Waals surface area contributed by atoms with Crippen LogP contribution in [0.5, 0.6) is 0 Å². The molecule has 0 aromatic carbocycles. The fourth-order valence-corrected chi connectivity index (χ4v) is 2.12. The van der Waals surface area contributed by atoms with Gasteiger partial charge in [-0.25, -0.2) is 0 Å². The Balaban J connectivity index is 2.06. The monoisotopic (exact) mass is 257 g/mol. The highest BCUT2D eigenvalue weighted by atomic mass is 79.9. The molecule has 14 heavy (non-hydrogen) atoms. The van der Waals surface area contributed by atoms with E-state index in [2.05, 4.69) is 15.9 Å². The quantitative estimate of drug-likeness (QED) is 0.847. The summed E-state index contributed by atoms with van der Waals surface area (Å²) in [6.45, 7) is 0. The van der Waals surface area contributed by atoms with Gasteiger partial charge in [-0.2, -0.15) is 0 Å². The third-order valence-electron chi connectivity index (χ3n) is 2.73. The van der Waals surface area contributed by atoms with Crippen molar-refractivity contribution in [2.45, 2.75) is 31.2 Å². The molecule has 2 N–H and O–H groups in total. The number of carbonyl (C=O) groups is 1. The number of furan rings is 1. The summed E-state index contributed by atoms with van der Waals surface area (Å²) < 4.78 is 5.80. The summed E-state index contributed by atoms with van der Waals surface area (Å²) in [5, 5.41) is 0. The van der Waals surface area contributed by atoms with Gasteiger partial charge in [0, 0.05) is 12.0 Å². The minimum absolute atomic E-state index is 0.0101. The van der Waals surface area contributed by atoms with Crippen LogP contribution >= 0.6 is 15.9 Å². The van der Waals surface area contributed by atoms with Gasteiger partial charge in [-0.1, -0.05) is 0 Å². The molecule has 0 aliphatic heterocycles. The predicted octanol–water partition coefficient (Wildman–Crippen LogP) is 2.50. The van der Waals surface area contributed by atoms with E-state index in [1.807, 2.05) is 0 Å². The molecular formula is C10H12BrNO2. The zero-order valence-electron chi connectivity index (χ0n) is 7.75. The number of halogens is 1. The minimum atomic E-state index is -0.274. The molecule has 4 heteroatoms. The normalized spacial score (nSPS) is 19.0. The van der Waals surface area contributed by atoms with Crippen molar-refractivity contribution in [1.29, 1.82) is 0 Å². The van der Waals surface area contributed by atoms with Crippen LogP contribution < -0.4 is 5.73 Å². The summed E-state index contributed by atoms with van der Waals surface area (Å²) in [4.78, 5) is 11.7. The van der Waals surface area contributed by atoms with Crippen LogP contribution in [-0.2, 0) is 0 Å². The van der Waals surface area contributed by atoms with Gasteiger partial charge in [0.1, 0.15) is 0 Å². The van der Waals surface area contributed by atoms with Gasteiger partial charge in [0.25, 0.3) is 0 Å². The van der Waals surface area contributed by atoms with Crippen molar-refractivity contribution < 1.29 is 9.21 Å². The van der Waals surface area contributed by atoms with Gasteiger partial charge in [-0.05, 0) is 41.3 Å². The lowest BCUT2D eigenvalue weighted by atomic mass is 9.74. The molecule has 1 aromatic heterocycles. The first-order valence-corrected chi connectivity index (χ1v) is 5.45. The second kappa shape index (κ2) is 3.51. The number of nitrogens with two attached hydrogens (primary N) is 1. The molecule has 0 saturated heterocycles. The maximum Gasteiger partial charge on any atom is 0.200 e. The summed E-state index contributed by atoms with van der Waals surface area (Å²) in [7, 11) is 0. The van der Waals surface area contributed by atoms with Gasteiger partial charge in [0.05, 0.1) is 10.7 Å². The minimum Gasteiger partial charge on any atom is -0.460 e. The van der Waals surface area contributed by atoms with Crippen molar-refractivity contribution in [2.24, 2.45) is 5.73 Å². The Kier molecular flexibility index (Phi) is 2.49. The first-order chi connectivity index (χ1) is 6.61. The standard InChI is InChI=1S/C10H12BrNO2/c11-7-2-5-14-9(7)8(13)6-10(12)3-1-4-10/h2,5H,1,3-4,6,12H2. The van der Waals surface area contributed by atoms with E-state index in [0.29, 0.717) is 16.7 Å². The zero-order chi connectivity index (χ0) is 10.2. The molecule has 76 valence electrons. The van der Waals surface area contributed by atoms with Crippen molar-refractivity contribution in [3.63, 3.8) is 0 Å². The Bertz CT molecular complexity index is 355. The van der Waals surface area contributed by atoms with E-state index in [0.717, 1.165) is 19.3 Å². The van der Waals surface area contributed by atoms with Gasteiger partial charge < -0.3 is 10.2 Å². The van der Waals surface area contributed by atoms with Crippen molar-refractivity contribution in [3.05, 3.63) is 22.6 Å². The predicted molar refractivity (Wildman–Crippen MR) is 56.1 cm³/mol. The van der Waals surface area contributed by atoms with E-state index in [-0.39, 0.29) is 11.3 Å². The van der Waals surface area contributed by atoms with Crippen LogP contribution in [0.15, 0.2) is 21.2 Å². The number of hydrogen-bond acceptors (Lipinski definition) is 3. The maximum atomic E-state index is 11.7. The van der Waals surface area contributed by atoms with Crippen LogP contribution in [0.3, 0.4) is 0 Å². The van der Waals surface area contributed by atoms with Gasteiger partial charge >= 0.3 is 0 Å². The Morgan fingerprint density at radius 1 is 1.64 bits per heavy atom. The third kappa shape index (κ3) is 1.77. The van der Waals surface area contributed by atoms with Crippen LogP contribution in [-0.4, -0.2) is 11.3 Å². The van der Waals surface area contributed by atoms with Gasteiger partial charge in [0.2, 0.25) is 5.78 Å². The molecule has 1 aliphatic carbocycles. The highest BCUT2D eigenvalue weighted by molar-refractivity contribution is 9.10. The van der Waals surface area contributed by atoms with E-state index in [1.165, 1.54) is 6.26 Å². The van der Waals surface area contributed by atoms with Crippen molar-refractivity contribution in [2.75, 3.05) is 0 Å². The second-order valence-electron chi connectivity index (χ2n) is 3.91. The molecule has 1 aromatic rings. The van der Waals surface area contributed by atoms with E-state index < -0.39 is 0 Å². The van der Waals surface area contributed by atoms with Crippen molar-refractivity contribution in [1.82, 2.24) is 0 Å². The van der Waals surface area contributed by atoms with E-state index in [1.54, 1.807) is 6.07 Å². The second-order valence-corrected chi connectivity index (χ2v) is 4.77. The average Bonchev–Trinajstić information content (AvgIpc) is 2.48. The molecule has 0 unspecified atom stereocenters. The lowest BCUT2D eigenvalue weighted by Crippen LogP contribution is -2.48. The van der Waals surface area contributed by atoms with Crippen LogP contribution in [0, 0.1) is 0 Å². The fourth-order valence-electron chi connectivity index (χ4n) is 1.70. The molecule has 0 bridgehead atoms. The Morgan fingerprint density at radius 3 is 2.79 bits per heavy atom. The highest BCUT2D eigenvalue weighted by Crippen LogP contribution is 2.34. The molecule has 1 saturated carbocycles. The maximum absolute atomic E-state index is 11.7. The molecule has 1 heterocycles. The van der Waals surface area contributed by atoms with Gasteiger partial charge in [-0.3, -0.25) is 4.79 Å². The van der Waals surface area contributed by atoms with Crippen LogP contribution in [0.25, 0.3) is 0 Å². The number of Topliss-reactive ketones (excluding diaryl/α,β-unsaturated/α-hetero) is 1. The number of ketones is 1. The van der Waals surface area contributed by atoms with E-state index >= 15 is 0 Å². The number of carbonyl (C=O) groups excluding carboxylic acids is 1. The van der Waals surface area contributed by atoms with Crippen molar-refractivity contribution in [3.8, 4) is 0 Å². The van der Waals surface area contributed by atoms with E-state index in [4.69, 9.17) is 10.2 Å². The van der Waals surface area contributed by atoms with Crippen molar-refractivity contribution >= 4 is 21.7 Å². The van der Waals surface area contributed by atoms with E-state index in [9.17, 15) is 4.79 Å². The molecule has 0 spiro atoms. The smallest absolute Gasteiger partial charge is 0.200 e. The molecule has 0 radical (unpaired) electrons. The summed E-state index contributed by atoms with van der Waals surface area (Å²) in [6, 6.07) is 1.72. The first kappa shape index (κ1) is 9.93. The highest BCUT2D eigenvalue weighted by Gasteiger charge is 2.35. The summed E-state index contributed by atoms with van der Waals surface area (Å²) in [5.41, 5.74) is 5.71. The number of rotatable bonds is 3. The Labute approximate surface area is 90.8 Å². The van der Waals surface area contributed by atoms with Crippen LogP contribution in [0.2, 0.25) is 0 Å². The molecule has 0 atom stereocenters. The fraction of sp³-hybridized carbons (Fsp3) is 0.500. The molecule has 3 nitrogen and oxygen atoms in total. The summed E-state index contributed by atoms with van der Waals surface area (Å²) in [6.07, 6.45) is 4.90. The Hall–Kier alpha value is -0.610. The average molecular weight is 258 g/mol. The largest absolute Gasteiger partial charge is 0.460 e. The molecule has 1 aliphatic rings. The SMILES string of the molecule is NC1(CC(=O)c2occc2Br)CCC1. The Morgan fingerprint density at radius 2 is 2.36 bits per heavy atom. The zero-order valence-corrected chi connectivity index (χ0v) is 9.34. The lowest BCUT2D eigenvalue weighted by Gasteiger charge is -2.37. The topological polar surface area (TPSA) is 56.2 Å². The van der Waals surface area contributed by atoms with Crippen LogP contribution in [0.4, 0.5) is 0 Å². The third-order valence-corrected chi connectivity index (χ3v) is 3.36. The summed E-state index contributed by atoms with van der Waals surface area (Å²) in [5.74, 6) is 0.380. The summed E-state index contributed by atoms with van der Waals surface area (Å²) >= 11 is 3.26. The molecular weight excluding hydrogens is 246 g/mol. The number of hydrogen-bond donors (Lipinski definition) is 1.